The summed E-state index contributed by atoms with van der Waals surface area (Å²) < 4.78 is 0. The Hall–Kier alpha value is -2.07. The van der Waals surface area contributed by atoms with Crippen LogP contribution in [0.3, 0.4) is 0 Å². The second-order valence-electron chi connectivity index (χ2n) is 4.31. The van der Waals surface area contributed by atoms with E-state index in [-0.39, 0.29) is 0 Å². The maximum Gasteiger partial charge on any atom is 0.0669 e. The monoisotopic (exact) mass is 221 g/mol. The van der Waals surface area contributed by atoms with Gasteiger partial charge in [-0.05, 0) is 36.1 Å². The summed E-state index contributed by atoms with van der Waals surface area (Å²) in [5, 5.41) is 8.85. The van der Waals surface area contributed by atoms with E-state index >= 15 is 0 Å². The van der Waals surface area contributed by atoms with Gasteiger partial charge >= 0.3 is 0 Å². The highest BCUT2D eigenvalue weighted by molar-refractivity contribution is 5.71. The van der Waals surface area contributed by atoms with Gasteiger partial charge in [0.2, 0.25) is 0 Å². The van der Waals surface area contributed by atoms with Gasteiger partial charge in [-0.1, -0.05) is 48.0 Å². The van der Waals surface area contributed by atoms with E-state index in [1.807, 2.05) is 18.2 Å². The van der Waals surface area contributed by atoms with Crippen molar-refractivity contribution in [2.75, 3.05) is 0 Å². The number of aryl methyl sites for hydroxylation is 2. The van der Waals surface area contributed by atoms with Gasteiger partial charge in [-0.2, -0.15) is 5.26 Å². The van der Waals surface area contributed by atoms with Crippen molar-refractivity contribution < 1.29 is 0 Å². The van der Waals surface area contributed by atoms with E-state index in [2.05, 4.69) is 44.2 Å². The van der Waals surface area contributed by atoms with Crippen molar-refractivity contribution in [1.82, 2.24) is 0 Å². The summed E-state index contributed by atoms with van der Waals surface area (Å²) in [7, 11) is 0. The van der Waals surface area contributed by atoms with Crippen LogP contribution in [0.2, 0.25) is 0 Å². The largest absolute Gasteiger partial charge is 0.198 e. The third-order valence-corrected chi connectivity index (χ3v) is 2.96. The minimum atomic E-state index is 0.462. The maximum atomic E-state index is 8.85. The molecule has 0 saturated carbocycles. The lowest BCUT2D eigenvalue weighted by atomic mass is 9.94. The second-order valence-corrected chi connectivity index (χ2v) is 4.31. The molecule has 0 heterocycles. The van der Waals surface area contributed by atoms with Crippen molar-refractivity contribution in [3.8, 4) is 17.2 Å². The van der Waals surface area contributed by atoms with Crippen LogP contribution in [0, 0.1) is 25.2 Å². The second kappa shape index (κ2) is 4.84. The van der Waals surface area contributed by atoms with E-state index in [4.69, 9.17) is 5.26 Å². The molecule has 2 rings (SSSR count). The molecule has 0 N–H and O–H groups in total. The zero-order valence-electron chi connectivity index (χ0n) is 10.2. The fraction of sp³-hybridized carbons (Fsp3) is 0.188. The minimum Gasteiger partial charge on any atom is -0.198 e. The Morgan fingerprint density at radius 3 is 2.47 bits per heavy atom. The predicted octanol–water partition coefficient (Wildman–Crippen LogP) is 4.04. The molecule has 2 aromatic carbocycles. The summed E-state index contributed by atoms with van der Waals surface area (Å²) in [6.45, 7) is 4.21. The van der Waals surface area contributed by atoms with Gasteiger partial charge in [-0.3, -0.25) is 0 Å². The third-order valence-electron chi connectivity index (χ3n) is 2.96. The fourth-order valence-corrected chi connectivity index (χ4v) is 2.14. The van der Waals surface area contributed by atoms with Crippen molar-refractivity contribution in [2.24, 2.45) is 0 Å². The molecule has 0 unspecified atom stereocenters. The Kier molecular flexibility index (Phi) is 3.25. The topological polar surface area (TPSA) is 23.8 Å². The zero-order chi connectivity index (χ0) is 12.3. The number of hydrogen-bond acceptors (Lipinski definition) is 1. The molecule has 1 nitrogen and oxygen atoms in total. The molecule has 0 radical (unpaired) electrons. The van der Waals surface area contributed by atoms with Crippen LogP contribution in [0.15, 0.2) is 42.5 Å². The molecule has 0 saturated heterocycles. The Balaban J connectivity index is 2.57. The molecule has 0 amide bonds. The Morgan fingerprint density at radius 2 is 1.76 bits per heavy atom. The van der Waals surface area contributed by atoms with Crippen LogP contribution in [0.25, 0.3) is 11.1 Å². The number of nitrogens with zero attached hydrogens (tertiary/aromatic N) is 1. The highest BCUT2D eigenvalue weighted by Gasteiger charge is 2.06. The molecule has 0 aliphatic heterocycles. The van der Waals surface area contributed by atoms with Crippen molar-refractivity contribution in [2.45, 2.75) is 20.3 Å². The highest BCUT2D eigenvalue weighted by Crippen LogP contribution is 2.27. The smallest absolute Gasteiger partial charge is 0.0669 e. The Bertz CT molecular complexity index is 576. The molecule has 0 atom stereocenters. The SMILES string of the molecule is Cc1ccc(-c2ccccc2CC#N)c(C)c1. The predicted molar refractivity (Wildman–Crippen MR) is 70.7 cm³/mol. The van der Waals surface area contributed by atoms with Gasteiger partial charge in [-0.25, -0.2) is 0 Å². The van der Waals surface area contributed by atoms with Crippen molar-refractivity contribution in [3.05, 3.63) is 59.2 Å². The van der Waals surface area contributed by atoms with Crippen molar-refractivity contribution in [1.29, 1.82) is 5.26 Å². The molecular formula is C16H15N. The highest BCUT2D eigenvalue weighted by atomic mass is 14.2. The molecule has 0 bridgehead atoms. The number of benzene rings is 2. The molecule has 0 aliphatic rings. The van der Waals surface area contributed by atoms with Crippen LogP contribution in [-0.4, -0.2) is 0 Å². The number of hydrogen-bond donors (Lipinski definition) is 0. The van der Waals surface area contributed by atoms with Gasteiger partial charge in [0, 0.05) is 0 Å². The van der Waals surface area contributed by atoms with Crippen molar-refractivity contribution >= 4 is 0 Å². The molecule has 0 aliphatic carbocycles. The van der Waals surface area contributed by atoms with Gasteiger partial charge in [-0.15, -0.1) is 0 Å². The molecule has 2 aromatic rings. The normalized spacial score (nSPS) is 9.94. The van der Waals surface area contributed by atoms with E-state index in [1.54, 1.807) is 0 Å². The summed E-state index contributed by atoms with van der Waals surface area (Å²) in [6, 6.07) is 16.8. The average Bonchev–Trinajstić information content (AvgIpc) is 2.31. The molecule has 0 fully saturated rings. The minimum absolute atomic E-state index is 0.462. The lowest BCUT2D eigenvalue weighted by Gasteiger charge is -2.10. The third kappa shape index (κ3) is 2.37. The van der Waals surface area contributed by atoms with Crippen molar-refractivity contribution in [3.63, 3.8) is 0 Å². The number of nitriles is 1. The Morgan fingerprint density at radius 1 is 1.00 bits per heavy atom. The Labute approximate surface area is 102 Å². The lowest BCUT2D eigenvalue weighted by Crippen LogP contribution is -1.91. The van der Waals surface area contributed by atoms with Gasteiger partial charge < -0.3 is 0 Å². The first-order valence-corrected chi connectivity index (χ1v) is 5.75. The molecule has 17 heavy (non-hydrogen) atoms. The fourth-order valence-electron chi connectivity index (χ4n) is 2.14. The summed E-state index contributed by atoms with van der Waals surface area (Å²) in [5.74, 6) is 0. The van der Waals surface area contributed by atoms with Gasteiger partial charge in [0.15, 0.2) is 0 Å². The number of rotatable bonds is 2. The lowest BCUT2D eigenvalue weighted by molar-refractivity contribution is 1.26. The van der Waals surface area contributed by atoms with Crippen LogP contribution in [0.4, 0.5) is 0 Å². The quantitative estimate of drug-likeness (QED) is 0.751. The first-order chi connectivity index (χ1) is 8.22. The average molecular weight is 221 g/mol. The zero-order valence-corrected chi connectivity index (χ0v) is 10.2. The van der Waals surface area contributed by atoms with Crippen LogP contribution in [0.5, 0.6) is 0 Å². The van der Waals surface area contributed by atoms with E-state index in [0.717, 1.165) is 5.56 Å². The van der Waals surface area contributed by atoms with Gasteiger partial charge in [0.05, 0.1) is 12.5 Å². The van der Waals surface area contributed by atoms with Crippen LogP contribution in [0.1, 0.15) is 16.7 Å². The summed E-state index contributed by atoms with van der Waals surface area (Å²) in [4.78, 5) is 0. The molecule has 0 aromatic heterocycles. The summed E-state index contributed by atoms with van der Waals surface area (Å²) in [5.41, 5.74) is 6.02. The van der Waals surface area contributed by atoms with Crippen LogP contribution in [-0.2, 0) is 6.42 Å². The molecule has 1 heteroatoms. The first-order valence-electron chi connectivity index (χ1n) is 5.75. The van der Waals surface area contributed by atoms with E-state index in [0.29, 0.717) is 6.42 Å². The molecular weight excluding hydrogens is 206 g/mol. The van der Waals surface area contributed by atoms with Crippen LogP contribution < -0.4 is 0 Å². The maximum absolute atomic E-state index is 8.85. The van der Waals surface area contributed by atoms with Gasteiger partial charge in [0.25, 0.3) is 0 Å². The molecule has 84 valence electrons. The first kappa shape index (κ1) is 11.4. The van der Waals surface area contributed by atoms with E-state index in [1.165, 1.54) is 22.3 Å². The van der Waals surface area contributed by atoms with E-state index in [9.17, 15) is 0 Å². The van der Waals surface area contributed by atoms with Crippen LogP contribution >= 0.6 is 0 Å². The summed E-state index contributed by atoms with van der Waals surface area (Å²) >= 11 is 0. The molecule has 0 spiro atoms. The van der Waals surface area contributed by atoms with E-state index < -0.39 is 0 Å². The standard InChI is InChI=1S/C16H15N/c1-12-7-8-15(13(2)11-12)16-6-4-3-5-14(16)9-10-17/h3-8,11H,9H2,1-2H3. The van der Waals surface area contributed by atoms with Gasteiger partial charge in [0.1, 0.15) is 0 Å². The summed E-state index contributed by atoms with van der Waals surface area (Å²) in [6.07, 6.45) is 0.462.